The third-order valence-corrected chi connectivity index (χ3v) is 7.65. The van der Waals surface area contributed by atoms with Crippen LogP contribution in [0, 0.1) is 11.7 Å². The molecule has 2 aliphatic rings. The van der Waals surface area contributed by atoms with Crippen molar-refractivity contribution >= 4 is 39.9 Å². The maximum absolute atomic E-state index is 15.0. The smallest absolute Gasteiger partial charge is 0.309 e. The summed E-state index contributed by atoms with van der Waals surface area (Å²) in [6.45, 7) is 1.58. The molecule has 4 aromatic rings. The molecule has 2 heterocycles. The van der Waals surface area contributed by atoms with Crippen LogP contribution in [0.15, 0.2) is 78.9 Å². The summed E-state index contributed by atoms with van der Waals surface area (Å²) in [5.41, 5.74) is 4.49. The summed E-state index contributed by atoms with van der Waals surface area (Å²) in [5, 5.41) is 9.68. The van der Waals surface area contributed by atoms with Crippen molar-refractivity contribution < 1.29 is 14.3 Å². The lowest BCUT2D eigenvalue weighted by atomic mass is 9.86. The molecule has 0 spiro atoms. The number of carbonyl (C=O) groups is 1. The molecule has 1 saturated heterocycles. The van der Waals surface area contributed by atoms with Gasteiger partial charge in [-0.15, -0.1) is 23.7 Å². The number of rotatable bonds is 6. The Morgan fingerprint density at radius 1 is 1.06 bits per heavy atom. The SMILES string of the molecule is Cl.O=C(O)C1CN(Cc2ccc(-c3nc4ccc(C5(c6ccccc6)C=C5)cc4s3)c(F)c2)C1. The summed E-state index contributed by atoms with van der Waals surface area (Å²) >= 11 is 1.50. The first kappa shape index (κ1) is 22.7. The van der Waals surface area contributed by atoms with E-state index >= 15 is 0 Å². The minimum atomic E-state index is -0.765. The zero-order valence-corrected chi connectivity index (χ0v) is 19.8. The van der Waals surface area contributed by atoms with Crippen molar-refractivity contribution in [3.8, 4) is 10.6 Å². The van der Waals surface area contributed by atoms with Gasteiger partial charge in [-0.05, 0) is 41.0 Å². The molecule has 0 amide bonds. The molecular weight excluding hydrogens is 471 g/mol. The molecule has 1 aromatic heterocycles. The van der Waals surface area contributed by atoms with E-state index in [1.165, 1.54) is 22.5 Å². The quantitative estimate of drug-likeness (QED) is 0.341. The molecule has 0 saturated carbocycles. The average molecular weight is 493 g/mol. The van der Waals surface area contributed by atoms with E-state index in [2.05, 4.69) is 53.5 Å². The molecule has 6 rings (SSSR count). The van der Waals surface area contributed by atoms with Crippen molar-refractivity contribution in [3.05, 3.63) is 101 Å². The number of thiazole rings is 1. The molecular formula is C27H22ClFN2O2S. The predicted octanol–water partition coefficient (Wildman–Crippen LogP) is 5.90. The fraction of sp³-hybridized carbons (Fsp3) is 0.185. The molecule has 1 N–H and O–H groups in total. The zero-order valence-electron chi connectivity index (χ0n) is 18.1. The van der Waals surface area contributed by atoms with Crippen LogP contribution in [0.3, 0.4) is 0 Å². The summed E-state index contributed by atoms with van der Waals surface area (Å²) in [6.07, 6.45) is 4.42. The molecule has 0 bridgehead atoms. The topological polar surface area (TPSA) is 53.4 Å². The largest absolute Gasteiger partial charge is 0.481 e. The van der Waals surface area contributed by atoms with E-state index in [1.54, 1.807) is 12.1 Å². The Morgan fingerprint density at radius 2 is 1.82 bits per heavy atom. The van der Waals surface area contributed by atoms with E-state index in [-0.39, 0.29) is 29.6 Å². The normalized spacial score (nSPS) is 16.7. The van der Waals surface area contributed by atoms with Crippen molar-refractivity contribution in [1.82, 2.24) is 9.88 Å². The summed E-state index contributed by atoms with van der Waals surface area (Å²) < 4.78 is 16.0. The lowest BCUT2D eigenvalue weighted by Crippen LogP contribution is -2.49. The molecule has 0 unspecified atom stereocenters. The van der Waals surface area contributed by atoms with Gasteiger partial charge in [0.25, 0.3) is 0 Å². The van der Waals surface area contributed by atoms with Gasteiger partial charge in [-0.25, -0.2) is 9.37 Å². The minimum absolute atomic E-state index is 0. The van der Waals surface area contributed by atoms with Gasteiger partial charge < -0.3 is 5.11 Å². The highest BCUT2D eigenvalue weighted by Crippen LogP contribution is 2.46. The molecule has 4 nitrogen and oxygen atoms in total. The lowest BCUT2D eigenvalue weighted by Gasteiger charge is -2.36. The molecule has 7 heteroatoms. The van der Waals surface area contributed by atoms with E-state index in [0.717, 1.165) is 15.8 Å². The van der Waals surface area contributed by atoms with Gasteiger partial charge >= 0.3 is 5.97 Å². The number of hydrogen-bond acceptors (Lipinski definition) is 4. The van der Waals surface area contributed by atoms with Crippen LogP contribution in [0.4, 0.5) is 4.39 Å². The molecule has 1 fully saturated rings. The maximum atomic E-state index is 15.0. The number of hydrogen-bond donors (Lipinski definition) is 1. The maximum Gasteiger partial charge on any atom is 0.309 e. The van der Waals surface area contributed by atoms with E-state index < -0.39 is 5.97 Å². The van der Waals surface area contributed by atoms with Crippen molar-refractivity contribution in [3.63, 3.8) is 0 Å². The van der Waals surface area contributed by atoms with Crippen LogP contribution >= 0.6 is 23.7 Å². The van der Waals surface area contributed by atoms with Gasteiger partial charge in [0, 0.05) is 25.2 Å². The molecule has 1 aliphatic heterocycles. The monoisotopic (exact) mass is 492 g/mol. The highest BCUT2D eigenvalue weighted by molar-refractivity contribution is 7.21. The number of halogens is 2. The fourth-order valence-electron chi connectivity index (χ4n) is 4.59. The van der Waals surface area contributed by atoms with Gasteiger partial charge in [-0.2, -0.15) is 0 Å². The zero-order chi connectivity index (χ0) is 22.6. The summed E-state index contributed by atoms with van der Waals surface area (Å²) in [4.78, 5) is 17.7. The molecule has 172 valence electrons. The Hall–Kier alpha value is -3.06. The van der Waals surface area contributed by atoms with Gasteiger partial charge in [-0.1, -0.05) is 54.6 Å². The van der Waals surface area contributed by atoms with Crippen LogP contribution in [-0.4, -0.2) is 34.0 Å². The van der Waals surface area contributed by atoms with Crippen LogP contribution < -0.4 is 0 Å². The van der Waals surface area contributed by atoms with Crippen LogP contribution in [0.25, 0.3) is 20.8 Å². The molecule has 0 radical (unpaired) electrons. The molecule has 1 aliphatic carbocycles. The first-order valence-electron chi connectivity index (χ1n) is 10.9. The Morgan fingerprint density at radius 3 is 2.50 bits per heavy atom. The highest BCUT2D eigenvalue weighted by atomic mass is 35.5. The Kier molecular flexibility index (Phi) is 5.76. The van der Waals surface area contributed by atoms with Crippen molar-refractivity contribution in [2.75, 3.05) is 13.1 Å². The summed E-state index contributed by atoms with van der Waals surface area (Å²) in [6, 6.07) is 21.9. The van der Waals surface area contributed by atoms with E-state index in [0.29, 0.717) is 30.2 Å². The average Bonchev–Trinajstić information content (AvgIpc) is 3.49. The minimum Gasteiger partial charge on any atom is -0.481 e. The number of fused-ring (bicyclic) bond motifs is 1. The van der Waals surface area contributed by atoms with Crippen molar-refractivity contribution in [2.24, 2.45) is 5.92 Å². The second-order valence-corrected chi connectivity index (χ2v) is 9.84. The van der Waals surface area contributed by atoms with E-state index in [4.69, 9.17) is 5.11 Å². The van der Waals surface area contributed by atoms with E-state index in [9.17, 15) is 9.18 Å². The number of carboxylic acid groups (broad SMARTS) is 1. The van der Waals surface area contributed by atoms with Crippen LogP contribution in [0.1, 0.15) is 16.7 Å². The molecule has 3 aromatic carbocycles. The first-order chi connectivity index (χ1) is 16.0. The fourth-order valence-corrected chi connectivity index (χ4v) is 5.62. The lowest BCUT2D eigenvalue weighted by molar-refractivity contribution is -0.147. The van der Waals surface area contributed by atoms with Crippen LogP contribution in [-0.2, 0) is 16.8 Å². The number of nitrogens with zero attached hydrogens (tertiary/aromatic N) is 2. The molecule has 34 heavy (non-hydrogen) atoms. The van der Waals surface area contributed by atoms with Gasteiger partial charge in [0.1, 0.15) is 10.8 Å². The van der Waals surface area contributed by atoms with Crippen molar-refractivity contribution in [1.29, 1.82) is 0 Å². The van der Waals surface area contributed by atoms with Crippen LogP contribution in [0.2, 0.25) is 0 Å². The first-order valence-corrected chi connectivity index (χ1v) is 11.7. The van der Waals surface area contributed by atoms with Gasteiger partial charge in [0.15, 0.2) is 0 Å². The molecule has 0 atom stereocenters. The van der Waals surface area contributed by atoms with Gasteiger partial charge in [0.05, 0.1) is 21.5 Å². The van der Waals surface area contributed by atoms with E-state index in [1.807, 2.05) is 23.1 Å². The predicted molar refractivity (Wildman–Crippen MR) is 135 cm³/mol. The second kappa shape index (κ2) is 8.62. The van der Waals surface area contributed by atoms with Gasteiger partial charge in [-0.3, -0.25) is 9.69 Å². The third kappa shape index (κ3) is 3.92. The van der Waals surface area contributed by atoms with Crippen LogP contribution in [0.5, 0.6) is 0 Å². The number of allylic oxidation sites excluding steroid dienone is 2. The summed E-state index contributed by atoms with van der Waals surface area (Å²) in [5.74, 6) is -1.38. The van der Waals surface area contributed by atoms with Crippen molar-refractivity contribution in [2.45, 2.75) is 12.0 Å². The summed E-state index contributed by atoms with van der Waals surface area (Å²) in [7, 11) is 0. The Balaban J connectivity index is 0.00000241. The standard InChI is InChI=1S/C27H21FN2O2S.ClH/c28-22-12-17(14-30-15-18(16-30)26(31)32)6-8-21(22)25-29-23-9-7-20(13-24(23)33-25)27(10-11-27)19-4-2-1-3-5-19;/h1-13,18H,14-16H2,(H,31,32);1H. The highest BCUT2D eigenvalue weighted by Gasteiger charge is 2.38. The number of aliphatic carboxylic acids is 1. The number of carboxylic acids is 1. The Bertz CT molecular complexity index is 1410. The number of benzene rings is 3. The third-order valence-electron chi connectivity index (χ3n) is 6.59. The second-order valence-electron chi connectivity index (χ2n) is 8.81. The Labute approximate surface area is 206 Å². The number of aromatic nitrogens is 1. The number of likely N-dealkylation sites (tertiary alicyclic amines) is 1. The van der Waals surface area contributed by atoms with Gasteiger partial charge in [0.2, 0.25) is 0 Å².